The van der Waals surface area contributed by atoms with Crippen molar-refractivity contribution in [2.75, 3.05) is 7.11 Å². The second-order valence-electron chi connectivity index (χ2n) is 6.08. The van der Waals surface area contributed by atoms with Crippen molar-refractivity contribution in [2.45, 2.75) is 26.8 Å². The summed E-state index contributed by atoms with van der Waals surface area (Å²) in [6.07, 6.45) is 0.380. The Bertz CT molecular complexity index is 863. The summed E-state index contributed by atoms with van der Waals surface area (Å²) in [5.74, 6) is 0.839. The first-order valence-electron chi connectivity index (χ1n) is 8.04. The maximum atomic E-state index is 12.3. The van der Waals surface area contributed by atoms with Gasteiger partial charge in [-0.25, -0.2) is 0 Å². The lowest BCUT2D eigenvalue weighted by molar-refractivity contribution is -0.120. The van der Waals surface area contributed by atoms with Gasteiger partial charge in [-0.2, -0.15) is 0 Å². The van der Waals surface area contributed by atoms with Gasteiger partial charge >= 0.3 is 0 Å². The lowest BCUT2D eigenvalue weighted by atomic mass is 10.1. The molecule has 3 aromatic rings. The van der Waals surface area contributed by atoms with Crippen molar-refractivity contribution >= 4 is 16.8 Å². The Morgan fingerprint density at radius 1 is 1.12 bits per heavy atom. The number of aromatic amines is 1. The lowest BCUT2D eigenvalue weighted by Crippen LogP contribution is -2.24. The molecule has 0 aliphatic carbocycles. The molecular weight excluding hydrogens is 300 g/mol. The highest BCUT2D eigenvalue weighted by Gasteiger charge is 2.12. The van der Waals surface area contributed by atoms with Gasteiger partial charge in [0.05, 0.1) is 13.5 Å². The van der Waals surface area contributed by atoms with Crippen LogP contribution in [0.4, 0.5) is 0 Å². The number of methoxy groups -OCH3 is 1. The van der Waals surface area contributed by atoms with Crippen molar-refractivity contribution in [3.63, 3.8) is 0 Å². The Hall–Kier alpha value is -2.75. The van der Waals surface area contributed by atoms with Crippen LogP contribution in [-0.4, -0.2) is 18.0 Å². The van der Waals surface area contributed by atoms with Gasteiger partial charge in [0.15, 0.2) is 0 Å². The molecule has 4 heteroatoms. The van der Waals surface area contributed by atoms with E-state index in [1.807, 2.05) is 31.2 Å². The fourth-order valence-electron chi connectivity index (χ4n) is 2.89. The number of hydrogen-bond acceptors (Lipinski definition) is 2. The van der Waals surface area contributed by atoms with E-state index in [1.165, 1.54) is 5.56 Å². The highest BCUT2D eigenvalue weighted by molar-refractivity contribution is 5.90. The summed E-state index contributed by atoms with van der Waals surface area (Å²) in [7, 11) is 1.64. The number of fused-ring (bicyclic) bond motifs is 1. The van der Waals surface area contributed by atoms with E-state index >= 15 is 0 Å². The molecule has 0 atom stereocenters. The number of benzene rings is 2. The van der Waals surface area contributed by atoms with Gasteiger partial charge in [-0.05, 0) is 49.2 Å². The molecule has 124 valence electrons. The zero-order valence-corrected chi connectivity index (χ0v) is 14.3. The molecule has 1 heterocycles. The number of aryl methyl sites for hydroxylation is 2. The Morgan fingerprint density at radius 2 is 1.88 bits per heavy atom. The van der Waals surface area contributed by atoms with Crippen molar-refractivity contribution in [3.05, 3.63) is 64.8 Å². The highest BCUT2D eigenvalue weighted by Crippen LogP contribution is 2.23. The average molecular weight is 322 g/mol. The van der Waals surface area contributed by atoms with Gasteiger partial charge in [-0.3, -0.25) is 4.79 Å². The van der Waals surface area contributed by atoms with Gasteiger partial charge in [0.2, 0.25) is 5.91 Å². The van der Waals surface area contributed by atoms with Crippen molar-refractivity contribution in [1.82, 2.24) is 10.3 Å². The normalized spacial score (nSPS) is 10.8. The Labute approximate surface area is 141 Å². The molecule has 1 aromatic heterocycles. The van der Waals surface area contributed by atoms with Crippen LogP contribution < -0.4 is 10.1 Å². The third kappa shape index (κ3) is 3.43. The van der Waals surface area contributed by atoms with Crippen LogP contribution in [0.3, 0.4) is 0 Å². The van der Waals surface area contributed by atoms with E-state index in [4.69, 9.17) is 4.74 Å². The van der Waals surface area contributed by atoms with Crippen molar-refractivity contribution in [3.8, 4) is 5.75 Å². The van der Waals surface area contributed by atoms with Gasteiger partial charge in [0, 0.05) is 23.1 Å². The van der Waals surface area contributed by atoms with E-state index in [-0.39, 0.29) is 5.91 Å². The smallest absolute Gasteiger partial charge is 0.224 e. The Morgan fingerprint density at radius 3 is 2.58 bits per heavy atom. The molecule has 0 saturated carbocycles. The molecule has 0 aliphatic rings. The van der Waals surface area contributed by atoms with E-state index in [0.717, 1.165) is 33.5 Å². The van der Waals surface area contributed by atoms with Gasteiger partial charge in [0.1, 0.15) is 5.75 Å². The largest absolute Gasteiger partial charge is 0.497 e. The summed E-state index contributed by atoms with van der Waals surface area (Å²) in [6.45, 7) is 4.60. The highest BCUT2D eigenvalue weighted by atomic mass is 16.5. The van der Waals surface area contributed by atoms with Crippen LogP contribution in [-0.2, 0) is 17.8 Å². The Kier molecular flexibility index (Phi) is 4.56. The predicted octanol–water partition coefficient (Wildman–Crippen LogP) is 3.65. The maximum Gasteiger partial charge on any atom is 0.224 e. The van der Waals surface area contributed by atoms with E-state index in [0.29, 0.717) is 13.0 Å². The molecule has 2 N–H and O–H groups in total. The van der Waals surface area contributed by atoms with Gasteiger partial charge < -0.3 is 15.0 Å². The van der Waals surface area contributed by atoms with Crippen molar-refractivity contribution in [2.24, 2.45) is 0 Å². The van der Waals surface area contributed by atoms with E-state index in [2.05, 4.69) is 35.4 Å². The number of rotatable bonds is 5. The number of hydrogen-bond donors (Lipinski definition) is 2. The lowest BCUT2D eigenvalue weighted by Gasteiger charge is -2.07. The summed E-state index contributed by atoms with van der Waals surface area (Å²) in [4.78, 5) is 15.7. The number of ether oxygens (including phenoxy) is 1. The number of carbonyl (C=O) groups is 1. The quantitative estimate of drug-likeness (QED) is 0.753. The monoisotopic (exact) mass is 322 g/mol. The minimum atomic E-state index is 0.0244. The van der Waals surface area contributed by atoms with Crippen LogP contribution in [0.15, 0.2) is 42.5 Å². The molecule has 24 heavy (non-hydrogen) atoms. The molecule has 3 rings (SSSR count). The topological polar surface area (TPSA) is 54.1 Å². The summed E-state index contributed by atoms with van der Waals surface area (Å²) >= 11 is 0. The first-order chi connectivity index (χ1) is 11.6. The minimum Gasteiger partial charge on any atom is -0.497 e. The van der Waals surface area contributed by atoms with Crippen LogP contribution in [0, 0.1) is 13.8 Å². The second-order valence-corrected chi connectivity index (χ2v) is 6.08. The fraction of sp³-hybridized carbons (Fsp3) is 0.250. The van der Waals surface area contributed by atoms with Crippen molar-refractivity contribution < 1.29 is 9.53 Å². The number of aromatic nitrogens is 1. The molecule has 0 fully saturated rings. The fourth-order valence-corrected chi connectivity index (χ4v) is 2.89. The first-order valence-corrected chi connectivity index (χ1v) is 8.04. The summed E-state index contributed by atoms with van der Waals surface area (Å²) < 4.78 is 5.14. The van der Waals surface area contributed by atoms with Crippen molar-refractivity contribution in [1.29, 1.82) is 0 Å². The summed E-state index contributed by atoms with van der Waals surface area (Å²) in [5.41, 5.74) is 5.45. The van der Waals surface area contributed by atoms with Crippen LogP contribution in [0.2, 0.25) is 0 Å². The number of amides is 1. The van der Waals surface area contributed by atoms with Gasteiger partial charge in [-0.1, -0.05) is 23.8 Å². The standard InChI is InChI=1S/C20H22N2O2/c1-13-4-9-19-18(10-13)17(14(2)22-19)11-20(23)21-12-15-5-7-16(24-3)8-6-15/h4-10,22H,11-12H2,1-3H3,(H,21,23). The molecule has 0 saturated heterocycles. The zero-order valence-electron chi connectivity index (χ0n) is 14.3. The molecule has 4 nitrogen and oxygen atoms in total. The molecule has 0 aliphatic heterocycles. The number of carbonyl (C=O) groups excluding carboxylic acids is 1. The summed E-state index contributed by atoms with van der Waals surface area (Å²) in [5, 5.41) is 4.12. The Balaban J connectivity index is 1.68. The van der Waals surface area contributed by atoms with Gasteiger partial charge in [0.25, 0.3) is 0 Å². The third-order valence-electron chi connectivity index (χ3n) is 4.26. The zero-order chi connectivity index (χ0) is 17.1. The van der Waals surface area contributed by atoms with Crippen LogP contribution >= 0.6 is 0 Å². The minimum absolute atomic E-state index is 0.0244. The van der Waals surface area contributed by atoms with E-state index < -0.39 is 0 Å². The molecular formula is C20H22N2O2. The van der Waals surface area contributed by atoms with Crippen LogP contribution in [0.5, 0.6) is 5.75 Å². The first kappa shape index (κ1) is 16.1. The maximum absolute atomic E-state index is 12.3. The molecule has 0 unspecified atom stereocenters. The van der Waals surface area contributed by atoms with E-state index in [1.54, 1.807) is 7.11 Å². The molecule has 2 aromatic carbocycles. The molecule has 0 spiro atoms. The van der Waals surface area contributed by atoms with Crippen LogP contribution in [0.25, 0.3) is 10.9 Å². The number of nitrogens with one attached hydrogen (secondary N) is 2. The van der Waals surface area contributed by atoms with Crippen LogP contribution in [0.1, 0.15) is 22.4 Å². The molecule has 0 bridgehead atoms. The molecule has 0 radical (unpaired) electrons. The average Bonchev–Trinajstić information content (AvgIpc) is 2.89. The van der Waals surface area contributed by atoms with E-state index in [9.17, 15) is 4.79 Å². The second kappa shape index (κ2) is 6.79. The summed E-state index contributed by atoms with van der Waals surface area (Å²) in [6, 6.07) is 14.0. The third-order valence-corrected chi connectivity index (χ3v) is 4.26. The SMILES string of the molecule is COc1ccc(CNC(=O)Cc2c(C)[nH]c3ccc(C)cc23)cc1. The molecule has 1 amide bonds. The number of H-pyrrole nitrogens is 1. The van der Waals surface area contributed by atoms with Gasteiger partial charge in [-0.15, -0.1) is 0 Å². The predicted molar refractivity (Wildman–Crippen MR) is 96.3 cm³/mol.